The smallest absolute Gasteiger partial charge is 0.161 e. The van der Waals surface area contributed by atoms with Gasteiger partial charge in [0.05, 0.1) is 19.3 Å². The van der Waals surface area contributed by atoms with Crippen LogP contribution in [0.15, 0.2) is 30.5 Å². The molecule has 2 aromatic rings. The Morgan fingerprint density at radius 1 is 1.35 bits per heavy atom. The number of aromatic nitrogens is 2. The number of methoxy groups -OCH3 is 1. The van der Waals surface area contributed by atoms with E-state index in [9.17, 15) is 0 Å². The molecule has 0 amide bonds. The number of benzene rings is 1. The number of hydrogen-bond acceptors (Lipinski definition) is 3. The van der Waals surface area contributed by atoms with Crippen molar-refractivity contribution in [1.82, 2.24) is 9.78 Å². The first-order valence-corrected chi connectivity index (χ1v) is 5.58. The van der Waals surface area contributed by atoms with E-state index in [1.54, 1.807) is 18.0 Å². The van der Waals surface area contributed by atoms with Crippen molar-refractivity contribution < 1.29 is 4.74 Å². The van der Waals surface area contributed by atoms with Crippen molar-refractivity contribution >= 4 is 11.6 Å². The lowest BCUT2D eigenvalue weighted by atomic mass is 10.0. The molecule has 0 saturated heterocycles. The Hall–Kier alpha value is -1.52. The van der Waals surface area contributed by atoms with Crippen molar-refractivity contribution in [1.29, 1.82) is 0 Å². The molecule has 0 spiro atoms. The summed E-state index contributed by atoms with van der Waals surface area (Å²) in [6.45, 7) is 0. The van der Waals surface area contributed by atoms with E-state index in [0.29, 0.717) is 10.8 Å². The third kappa shape index (κ3) is 2.28. The lowest BCUT2D eigenvalue weighted by molar-refractivity contribution is 0.406. The maximum atomic E-state index is 6.20. The lowest BCUT2D eigenvalue weighted by Crippen LogP contribution is -2.16. The summed E-state index contributed by atoms with van der Waals surface area (Å²) >= 11 is 5.85. The second kappa shape index (κ2) is 4.77. The van der Waals surface area contributed by atoms with Gasteiger partial charge in [0.15, 0.2) is 5.75 Å². The maximum absolute atomic E-state index is 6.20. The Kier molecular flexibility index (Phi) is 3.36. The minimum Gasteiger partial charge on any atom is -0.493 e. The van der Waals surface area contributed by atoms with Crippen LogP contribution < -0.4 is 10.5 Å². The zero-order valence-corrected chi connectivity index (χ0v) is 10.5. The quantitative estimate of drug-likeness (QED) is 0.909. The van der Waals surface area contributed by atoms with Gasteiger partial charge >= 0.3 is 0 Å². The van der Waals surface area contributed by atoms with Crippen LogP contribution in [-0.4, -0.2) is 16.9 Å². The number of nitrogens with two attached hydrogens (primary N) is 1. The predicted molar refractivity (Wildman–Crippen MR) is 67.2 cm³/mol. The van der Waals surface area contributed by atoms with Crippen molar-refractivity contribution in [3.8, 4) is 5.75 Å². The van der Waals surface area contributed by atoms with Crippen LogP contribution >= 0.6 is 11.6 Å². The van der Waals surface area contributed by atoms with Gasteiger partial charge < -0.3 is 10.5 Å². The van der Waals surface area contributed by atoms with Crippen molar-refractivity contribution in [2.45, 2.75) is 6.04 Å². The van der Waals surface area contributed by atoms with Crippen molar-refractivity contribution in [3.05, 3.63) is 46.7 Å². The fourth-order valence-corrected chi connectivity index (χ4v) is 1.89. The molecular weight excluding hydrogens is 238 g/mol. The molecule has 0 bridgehead atoms. The monoisotopic (exact) mass is 251 g/mol. The molecule has 1 aromatic heterocycles. The van der Waals surface area contributed by atoms with Crippen LogP contribution in [-0.2, 0) is 7.05 Å². The lowest BCUT2D eigenvalue weighted by Gasteiger charge is -2.14. The third-order valence-corrected chi connectivity index (χ3v) is 2.94. The summed E-state index contributed by atoms with van der Waals surface area (Å²) in [5, 5.41) is 4.83. The van der Waals surface area contributed by atoms with Gasteiger partial charge in [-0.3, -0.25) is 4.68 Å². The highest BCUT2D eigenvalue weighted by molar-refractivity contribution is 6.30. The normalized spacial score (nSPS) is 12.5. The second-order valence-electron chi connectivity index (χ2n) is 3.75. The number of hydrogen-bond donors (Lipinski definition) is 1. The van der Waals surface area contributed by atoms with Crippen LogP contribution in [0.4, 0.5) is 0 Å². The van der Waals surface area contributed by atoms with Crippen LogP contribution in [0.2, 0.25) is 5.02 Å². The van der Waals surface area contributed by atoms with Crippen molar-refractivity contribution in [2.24, 2.45) is 12.8 Å². The molecule has 0 aliphatic rings. The highest BCUT2D eigenvalue weighted by Crippen LogP contribution is 2.28. The Morgan fingerprint density at radius 3 is 2.59 bits per heavy atom. The van der Waals surface area contributed by atoms with E-state index >= 15 is 0 Å². The van der Waals surface area contributed by atoms with Gasteiger partial charge in [-0.05, 0) is 17.7 Å². The Labute approximate surface area is 105 Å². The van der Waals surface area contributed by atoms with Crippen molar-refractivity contribution in [3.63, 3.8) is 0 Å². The summed E-state index contributed by atoms with van der Waals surface area (Å²) in [7, 11) is 3.45. The van der Waals surface area contributed by atoms with Gasteiger partial charge in [-0.2, -0.15) is 5.10 Å². The van der Waals surface area contributed by atoms with Gasteiger partial charge in [0, 0.05) is 12.1 Å². The Morgan fingerprint density at radius 2 is 2.00 bits per heavy atom. The predicted octanol–water partition coefficient (Wildman–Crippen LogP) is 2.13. The molecule has 1 atom stereocenters. The summed E-state index contributed by atoms with van der Waals surface area (Å²) in [6, 6.07) is 7.16. The highest BCUT2D eigenvalue weighted by atomic mass is 35.5. The first-order chi connectivity index (χ1) is 8.13. The van der Waals surface area contributed by atoms with Crippen LogP contribution in [0.1, 0.15) is 17.3 Å². The zero-order chi connectivity index (χ0) is 12.4. The minimum absolute atomic E-state index is 0.283. The summed E-state index contributed by atoms with van der Waals surface area (Å²) in [5.74, 6) is 0.690. The molecule has 1 unspecified atom stereocenters. The molecule has 17 heavy (non-hydrogen) atoms. The number of aryl methyl sites for hydroxylation is 1. The molecule has 5 heteroatoms. The number of rotatable bonds is 3. The molecule has 2 rings (SSSR count). The van der Waals surface area contributed by atoms with Crippen LogP contribution in [0, 0.1) is 0 Å². The first kappa shape index (κ1) is 12.0. The third-order valence-electron chi connectivity index (χ3n) is 2.69. The van der Waals surface area contributed by atoms with E-state index in [2.05, 4.69) is 5.10 Å². The fourth-order valence-electron chi connectivity index (χ4n) is 1.77. The molecule has 2 N–H and O–H groups in total. The van der Waals surface area contributed by atoms with Gasteiger partial charge in [0.2, 0.25) is 0 Å². The Bertz CT molecular complexity index is 507. The van der Waals surface area contributed by atoms with Crippen molar-refractivity contribution in [2.75, 3.05) is 7.11 Å². The van der Waals surface area contributed by atoms with E-state index < -0.39 is 0 Å². The molecule has 4 nitrogen and oxygen atoms in total. The van der Waals surface area contributed by atoms with E-state index in [1.807, 2.05) is 31.3 Å². The van der Waals surface area contributed by atoms with E-state index in [4.69, 9.17) is 22.1 Å². The van der Waals surface area contributed by atoms with Gasteiger partial charge in [-0.15, -0.1) is 0 Å². The molecule has 0 radical (unpaired) electrons. The van der Waals surface area contributed by atoms with Gasteiger partial charge in [0.1, 0.15) is 5.69 Å². The SMILES string of the molecule is COc1cnn(C)c1C(N)c1ccc(Cl)cc1. The zero-order valence-electron chi connectivity index (χ0n) is 9.72. The molecule has 0 aliphatic heterocycles. The van der Waals surface area contributed by atoms with E-state index in [0.717, 1.165) is 11.3 Å². The molecule has 0 fully saturated rings. The summed E-state index contributed by atoms with van der Waals surface area (Å²) in [5.41, 5.74) is 8.02. The van der Waals surface area contributed by atoms with Crippen LogP contribution in [0.3, 0.4) is 0 Å². The number of halogens is 1. The summed E-state index contributed by atoms with van der Waals surface area (Å²) in [6.07, 6.45) is 1.66. The molecule has 1 aromatic carbocycles. The Balaban J connectivity index is 2.39. The summed E-state index contributed by atoms with van der Waals surface area (Å²) < 4.78 is 6.96. The van der Waals surface area contributed by atoms with Crippen LogP contribution in [0.25, 0.3) is 0 Å². The van der Waals surface area contributed by atoms with E-state index in [-0.39, 0.29) is 6.04 Å². The van der Waals surface area contributed by atoms with E-state index in [1.165, 1.54) is 0 Å². The minimum atomic E-state index is -0.283. The maximum Gasteiger partial charge on any atom is 0.161 e. The average Bonchev–Trinajstić information content (AvgIpc) is 2.70. The number of nitrogens with zero attached hydrogens (tertiary/aromatic N) is 2. The molecular formula is C12H14ClN3O. The highest BCUT2D eigenvalue weighted by Gasteiger charge is 2.18. The average molecular weight is 252 g/mol. The van der Waals surface area contributed by atoms with Gasteiger partial charge in [-0.25, -0.2) is 0 Å². The fraction of sp³-hybridized carbons (Fsp3) is 0.250. The summed E-state index contributed by atoms with van der Waals surface area (Å²) in [4.78, 5) is 0. The number of ether oxygens (including phenoxy) is 1. The molecule has 0 saturated carbocycles. The van der Waals surface area contributed by atoms with Crippen LogP contribution in [0.5, 0.6) is 5.75 Å². The topological polar surface area (TPSA) is 53.1 Å². The second-order valence-corrected chi connectivity index (χ2v) is 4.19. The molecule has 0 aliphatic carbocycles. The molecule has 90 valence electrons. The van der Waals surface area contributed by atoms with Gasteiger partial charge in [-0.1, -0.05) is 23.7 Å². The molecule has 1 heterocycles. The largest absolute Gasteiger partial charge is 0.493 e. The standard InChI is InChI=1S/C12H14ClN3O/c1-16-12(10(17-2)7-15-16)11(14)8-3-5-9(13)6-4-8/h3-7,11H,14H2,1-2H3. The first-order valence-electron chi connectivity index (χ1n) is 5.20. The van der Waals surface area contributed by atoms with Gasteiger partial charge in [0.25, 0.3) is 0 Å².